The molecule has 1 unspecified atom stereocenters. The summed E-state index contributed by atoms with van der Waals surface area (Å²) in [6.45, 7) is 3.20. The van der Waals surface area contributed by atoms with E-state index in [2.05, 4.69) is 9.55 Å². The largest absolute Gasteiger partial charge is 0.451 e. The molecule has 1 aliphatic rings. The molecule has 158 valence electrons. The fourth-order valence-electron chi connectivity index (χ4n) is 3.93. The number of aromatic nitrogens is 2. The number of imidazole rings is 1. The lowest BCUT2D eigenvalue weighted by Crippen LogP contribution is -2.40. The third-order valence-electron chi connectivity index (χ3n) is 5.43. The molecule has 1 atom stereocenters. The lowest BCUT2D eigenvalue weighted by Gasteiger charge is -2.33. The fraction of sp³-hybridized carbons (Fsp3) is 0.364. The van der Waals surface area contributed by atoms with Crippen LogP contribution in [-0.2, 0) is 12.6 Å². The average molecular weight is 417 g/mol. The van der Waals surface area contributed by atoms with Gasteiger partial charge in [-0.2, -0.15) is 13.2 Å². The SMILES string of the molecule is CCc1nccn1C1CCCN(C(=O)c2ccc(-c3cccc(C(F)(F)F)c3)o2)C1. The standard InChI is InChI=1S/C22H22F3N3O2/c1-2-20-26-10-12-28(20)17-7-4-11-27(14-17)21(29)19-9-8-18(30-19)15-5-3-6-16(13-15)22(23,24)25/h3,5-6,8-10,12-13,17H,2,4,7,11,14H2,1H3. The van der Waals surface area contributed by atoms with Gasteiger partial charge in [-0.1, -0.05) is 19.1 Å². The number of nitrogens with zero attached hydrogens (tertiary/aromatic N) is 3. The number of likely N-dealkylation sites (tertiary alicyclic amines) is 1. The van der Waals surface area contributed by atoms with Gasteiger partial charge >= 0.3 is 6.18 Å². The Kier molecular flexibility index (Phi) is 5.40. The van der Waals surface area contributed by atoms with Crippen molar-refractivity contribution in [3.8, 4) is 11.3 Å². The van der Waals surface area contributed by atoms with Gasteiger partial charge in [0.2, 0.25) is 0 Å². The minimum atomic E-state index is -4.44. The first-order valence-corrected chi connectivity index (χ1v) is 9.95. The van der Waals surface area contributed by atoms with Gasteiger partial charge in [-0.25, -0.2) is 4.98 Å². The van der Waals surface area contributed by atoms with Gasteiger partial charge in [0.25, 0.3) is 5.91 Å². The van der Waals surface area contributed by atoms with E-state index in [1.807, 2.05) is 13.1 Å². The summed E-state index contributed by atoms with van der Waals surface area (Å²) in [4.78, 5) is 19.1. The number of furan rings is 1. The number of rotatable bonds is 4. The van der Waals surface area contributed by atoms with Crippen molar-refractivity contribution < 1.29 is 22.4 Å². The number of halogens is 3. The number of hydrogen-bond donors (Lipinski definition) is 0. The Morgan fingerprint density at radius 2 is 2.10 bits per heavy atom. The van der Waals surface area contributed by atoms with Crippen molar-refractivity contribution in [2.24, 2.45) is 0 Å². The second kappa shape index (κ2) is 8.01. The number of benzene rings is 1. The lowest BCUT2D eigenvalue weighted by molar-refractivity contribution is -0.137. The summed E-state index contributed by atoms with van der Waals surface area (Å²) < 4.78 is 46.7. The highest BCUT2D eigenvalue weighted by Crippen LogP contribution is 2.33. The topological polar surface area (TPSA) is 51.3 Å². The van der Waals surface area contributed by atoms with Crippen molar-refractivity contribution in [1.82, 2.24) is 14.5 Å². The van der Waals surface area contributed by atoms with E-state index in [1.165, 1.54) is 24.3 Å². The van der Waals surface area contributed by atoms with Gasteiger partial charge in [0.15, 0.2) is 5.76 Å². The Morgan fingerprint density at radius 3 is 2.87 bits per heavy atom. The van der Waals surface area contributed by atoms with E-state index in [0.717, 1.165) is 37.2 Å². The number of amides is 1. The van der Waals surface area contributed by atoms with Crippen molar-refractivity contribution in [2.45, 2.75) is 38.4 Å². The van der Waals surface area contributed by atoms with E-state index < -0.39 is 11.7 Å². The van der Waals surface area contributed by atoms with Crippen LogP contribution in [0.2, 0.25) is 0 Å². The van der Waals surface area contributed by atoms with E-state index in [0.29, 0.717) is 13.1 Å². The molecule has 5 nitrogen and oxygen atoms in total. The predicted octanol–water partition coefficient (Wildman–Crippen LogP) is 5.20. The number of alkyl halides is 3. The van der Waals surface area contributed by atoms with Gasteiger partial charge in [0.1, 0.15) is 11.6 Å². The Morgan fingerprint density at radius 1 is 1.27 bits per heavy atom. The Bertz CT molecular complexity index is 1040. The Balaban J connectivity index is 1.52. The summed E-state index contributed by atoms with van der Waals surface area (Å²) in [5.41, 5.74) is -0.471. The average Bonchev–Trinajstić information content (AvgIpc) is 3.42. The zero-order valence-electron chi connectivity index (χ0n) is 16.5. The van der Waals surface area contributed by atoms with Crippen LogP contribution in [0, 0.1) is 0 Å². The normalized spacial score (nSPS) is 17.3. The molecule has 0 bridgehead atoms. The van der Waals surface area contributed by atoms with Gasteiger partial charge in [0.05, 0.1) is 11.6 Å². The maximum absolute atomic E-state index is 13.0. The third-order valence-corrected chi connectivity index (χ3v) is 5.43. The number of piperidine rings is 1. The van der Waals surface area contributed by atoms with Crippen molar-refractivity contribution in [3.63, 3.8) is 0 Å². The summed E-state index contributed by atoms with van der Waals surface area (Å²) in [6, 6.07) is 8.10. The zero-order chi connectivity index (χ0) is 21.3. The zero-order valence-corrected chi connectivity index (χ0v) is 16.5. The van der Waals surface area contributed by atoms with E-state index in [9.17, 15) is 18.0 Å². The number of aryl methyl sites for hydroxylation is 1. The molecule has 3 heterocycles. The highest BCUT2D eigenvalue weighted by molar-refractivity contribution is 5.92. The van der Waals surface area contributed by atoms with Crippen LogP contribution in [0.3, 0.4) is 0 Å². The molecular weight excluding hydrogens is 395 g/mol. The molecule has 0 saturated carbocycles. The molecule has 4 rings (SSSR count). The van der Waals surface area contributed by atoms with Crippen LogP contribution in [0.4, 0.5) is 13.2 Å². The number of carbonyl (C=O) groups excluding carboxylic acids is 1. The highest BCUT2D eigenvalue weighted by Gasteiger charge is 2.31. The first-order valence-electron chi connectivity index (χ1n) is 9.95. The quantitative estimate of drug-likeness (QED) is 0.586. The molecule has 1 fully saturated rings. The number of hydrogen-bond acceptors (Lipinski definition) is 3. The molecule has 1 aliphatic heterocycles. The molecule has 0 N–H and O–H groups in total. The van der Waals surface area contributed by atoms with Gasteiger partial charge in [-0.3, -0.25) is 4.79 Å². The van der Waals surface area contributed by atoms with Gasteiger partial charge in [0, 0.05) is 37.5 Å². The Labute approximate surface area is 172 Å². The van der Waals surface area contributed by atoms with Crippen LogP contribution in [0.15, 0.2) is 53.2 Å². The van der Waals surface area contributed by atoms with Crippen LogP contribution in [0.1, 0.15) is 47.7 Å². The van der Waals surface area contributed by atoms with E-state index in [-0.39, 0.29) is 29.0 Å². The maximum Gasteiger partial charge on any atom is 0.416 e. The second-order valence-corrected chi connectivity index (χ2v) is 7.39. The molecule has 30 heavy (non-hydrogen) atoms. The first-order chi connectivity index (χ1) is 14.4. The van der Waals surface area contributed by atoms with Crippen molar-refractivity contribution in [3.05, 3.63) is 65.9 Å². The molecule has 0 spiro atoms. The summed E-state index contributed by atoms with van der Waals surface area (Å²) in [5, 5.41) is 0. The summed E-state index contributed by atoms with van der Waals surface area (Å²) in [6.07, 6.45) is 1.91. The molecule has 3 aromatic rings. The fourth-order valence-corrected chi connectivity index (χ4v) is 3.93. The minimum absolute atomic E-state index is 0.129. The van der Waals surface area contributed by atoms with E-state index in [4.69, 9.17) is 4.42 Å². The molecular formula is C22H22F3N3O2. The molecule has 1 amide bonds. The predicted molar refractivity (Wildman–Crippen MR) is 105 cm³/mol. The lowest BCUT2D eigenvalue weighted by atomic mass is 10.0. The van der Waals surface area contributed by atoms with Crippen LogP contribution in [0.5, 0.6) is 0 Å². The first kappa shape index (κ1) is 20.3. The van der Waals surface area contributed by atoms with Crippen molar-refractivity contribution in [1.29, 1.82) is 0 Å². The number of carbonyl (C=O) groups is 1. The Hall–Kier alpha value is -3.03. The van der Waals surface area contributed by atoms with Crippen molar-refractivity contribution in [2.75, 3.05) is 13.1 Å². The monoisotopic (exact) mass is 417 g/mol. The molecule has 1 saturated heterocycles. The third kappa shape index (κ3) is 3.99. The second-order valence-electron chi connectivity index (χ2n) is 7.39. The van der Waals surface area contributed by atoms with Gasteiger partial charge in [-0.15, -0.1) is 0 Å². The molecule has 8 heteroatoms. The van der Waals surface area contributed by atoms with Crippen LogP contribution in [-0.4, -0.2) is 33.4 Å². The smallest absolute Gasteiger partial charge is 0.416 e. The van der Waals surface area contributed by atoms with Crippen LogP contribution >= 0.6 is 0 Å². The molecule has 0 aliphatic carbocycles. The molecule has 0 radical (unpaired) electrons. The summed E-state index contributed by atoms with van der Waals surface area (Å²) in [5.74, 6) is 1.10. The van der Waals surface area contributed by atoms with Gasteiger partial charge in [-0.05, 0) is 37.1 Å². The molecule has 1 aromatic carbocycles. The van der Waals surface area contributed by atoms with E-state index >= 15 is 0 Å². The highest BCUT2D eigenvalue weighted by atomic mass is 19.4. The minimum Gasteiger partial charge on any atom is -0.451 e. The molecule has 2 aromatic heterocycles. The van der Waals surface area contributed by atoms with Crippen LogP contribution in [0.25, 0.3) is 11.3 Å². The van der Waals surface area contributed by atoms with E-state index in [1.54, 1.807) is 11.1 Å². The van der Waals surface area contributed by atoms with Gasteiger partial charge < -0.3 is 13.9 Å². The summed E-state index contributed by atoms with van der Waals surface area (Å²) >= 11 is 0. The van der Waals surface area contributed by atoms with Crippen molar-refractivity contribution >= 4 is 5.91 Å². The summed E-state index contributed by atoms with van der Waals surface area (Å²) in [7, 11) is 0. The van der Waals surface area contributed by atoms with Crippen LogP contribution < -0.4 is 0 Å². The maximum atomic E-state index is 13.0.